The average Bonchev–Trinajstić information content (AvgIpc) is 2.08. The summed E-state index contributed by atoms with van der Waals surface area (Å²) in [6, 6.07) is 0. The Hall–Kier alpha value is -0.360. The molecule has 7 heteroatoms. The minimum Gasteiger partial charge on any atom is -0.286 e. The Labute approximate surface area is 98.0 Å². The molecule has 15 heavy (non-hydrogen) atoms. The van der Waals surface area contributed by atoms with E-state index < -0.39 is 10.1 Å². The Morgan fingerprint density at radius 3 is 2.27 bits per heavy atom. The average molecular weight is 270 g/mol. The number of rotatable bonds is 4. The predicted octanol–water partition coefficient (Wildman–Crippen LogP) is 2.21. The van der Waals surface area contributed by atoms with Crippen molar-refractivity contribution in [2.45, 2.75) is 12.8 Å². The first-order valence-electron chi connectivity index (χ1n) is 4.13. The summed E-state index contributed by atoms with van der Waals surface area (Å²) < 4.78 is 29.5. The zero-order valence-corrected chi connectivity index (χ0v) is 9.98. The van der Waals surface area contributed by atoms with Gasteiger partial charge in [0, 0.05) is 12.4 Å². The van der Waals surface area contributed by atoms with Crippen molar-refractivity contribution < 1.29 is 13.0 Å². The Morgan fingerprint density at radius 1 is 1.27 bits per heavy atom. The molecule has 0 amide bonds. The van der Waals surface area contributed by atoms with E-state index in [1.807, 2.05) is 0 Å². The molecule has 0 radical (unpaired) electrons. The molecule has 0 aromatic carbocycles. The maximum Gasteiger partial charge on any atom is 0.264 e. The van der Waals surface area contributed by atoms with Gasteiger partial charge >= 0.3 is 0 Å². The number of hydrogen-bond acceptors (Lipinski definition) is 3. The molecule has 0 bridgehead atoms. The van der Waals surface area contributed by atoms with E-state index in [0.29, 0.717) is 22.0 Å². The molecule has 0 aliphatic carbocycles. The Balaban J connectivity index is 2.66. The van der Waals surface area contributed by atoms with Crippen molar-refractivity contribution in [1.29, 1.82) is 0 Å². The Morgan fingerprint density at radius 2 is 1.80 bits per heavy atom. The van der Waals surface area contributed by atoms with Gasteiger partial charge in [0.25, 0.3) is 10.1 Å². The minimum atomic E-state index is -3.92. The third kappa shape index (κ3) is 4.34. The molecule has 1 N–H and O–H groups in total. The van der Waals surface area contributed by atoms with Gasteiger partial charge in [-0.2, -0.15) is 8.42 Å². The molecule has 0 atom stereocenters. The number of pyridine rings is 1. The molecular formula is C8H9Cl2NO3S. The van der Waals surface area contributed by atoms with Gasteiger partial charge in [-0.15, -0.1) is 0 Å². The lowest BCUT2D eigenvalue weighted by Crippen LogP contribution is -2.05. The number of hydrogen-bond donors (Lipinski definition) is 1. The SMILES string of the molecule is O=S(=O)(O)CCCc1c(Cl)cncc1Cl. The van der Waals surface area contributed by atoms with Crippen LogP contribution in [0, 0.1) is 0 Å². The van der Waals surface area contributed by atoms with Gasteiger partial charge in [0.15, 0.2) is 0 Å². The highest BCUT2D eigenvalue weighted by molar-refractivity contribution is 7.85. The third-order valence-corrected chi connectivity index (χ3v) is 3.24. The van der Waals surface area contributed by atoms with Crippen molar-refractivity contribution >= 4 is 33.3 Å². The fraction of sp³-hybridized carbons (Fsp3) is 0.375. The largest absolute Gasteiger partial charge is 0.286 e. The first kappa shape index (κ1) is 12.7. The second-order valence-electron chi connectivity index (χ2n) is 2.97. The molecular weight excluding hydrogens is 261 g/mol. The number of halogens is 2. The summed E-state index contributed by atoms with van der Waals surface area (Å²) in [6.45, 7) is 0. The lowest BCUT2D eigenvalue weighted by atomic mass is 10.1. The number of aromatic nitrogens is 1. The van der Waals surface area contributed by atoms with Crippen molar-refractivity contribution in [2.24, 2.45) is 0 Å². The quantitative estimate of drug-likeness (QED) is 0.852. The van der Waals surface area contributed by atoms with Crippen LogP contribution >= 0.6 is 23.2 Å². The molecule has 0 aliphatic rings. The first-order valence-corrected chi connectivity index (χ1v) is 6.49. The molecule has 0 saturated heterocycles. The monoisotopic (exact) mass is 269 g/mol. The van der Waals surface area contributed by atoms with E-state index in [1.54, 1.807) is 0 Å². The summed E-state index contributed by atoms with van der Waals surface area (Å²) in [4.78, 5) is 3.77. The maximum absolute atomic E-state index is 10.5. The molecule has 1 aromatic rings. The first-order chi connectivity index (χ1) is 6.90. The smallest absolute Gasteiger partial charge is 0.264 e. The van der Waals surface area contributed by atoms with Crippen LogP contribution in [0.25, 0.3) is 0 Å². The van der Waals surface area contributed by atoms with Gasteiger partial charge in [-0.3, -0.25) is 9.54 Å². The van der Waals surface area contributed by atoms with Gasteiger partial charge in [-0.25, -0.2) is 0 Å². The standard InChI is InChI=1S/C8H9Cl2NO3S/c9-7-4-11-5-8(10)6(7)2-1-3-15(12,13)14/h4-5H,1-3H2,(H,12,13,14). The van der Waals surface area contributed by atoms with Gasteiger partial charge in [-0.1, -0.05) is 23.2 Å². The van der Waals surface area contributed by atoms with Crippen LogP contribution in [-0.4, -0.2) is 23.7 Å². The van der Waals surface area contributed by atoms with Crippen molar-refractivity contribution in [2.75, 3.05) is 5.75 Å². The molecule has 0 unspecified atom stereocenters. The fourth-order valence-electron chi connectivity index (χ4n) is 1.11. The van der Waals surface area contributed by atoms with E-state index in [2.05, 4.69) is 4.98 Å². The summed E-state index contributed by atoms with van der Waals surface area (Å²) in [5.74, 6) is -0.304. The number of nitrogens with zero attached hydrogens (tertiary/aromatic N) is 1. The fourth-order valence-corrected chi connectivity index (χ4v) is 2.17. The highest BCUT2D eigenvalue weighted by Gasteiger charge is 2.09. The van der Waals surface area contributed by atoms with E-state index in [9.17, 15) is 8.42 Å². The summed E-state index contributed by atoms with van der Waals surface area (Å²) >= 11 is 11.6. The predicted molar refractivity (Wildman–Crippen MR) is 59.0 cm³/mol. The maximum atomic E-state index is 10.5. The molecule has 0 spiro atoms. The molecule has 4 nitrogen and oxygen atoms in total. The zero-order chi connectivity index (χ0) is 11.5. The highest BCUT2D eigenvalue weighted by atomic mass is 35.5. The third-order valence-electron chi connectivity index (χ3n) is 1.78. The van der Waals surface area contributed by atoms with Crippen molar-refractivity contribution in [3.63, 3.8) is 0 Å². The van der Waals surface area contributed by atoms with Crippen molar-refractivity contribution in [3.8, 4) is 0 Å². The van der Waals surface area contributed by atoms with Gasteiger partial charge in [-0.05, 0) is 18.4 Å². The molecule has 0 fully saturated rings. The van der Waals surface area contributed by atoms with Crippen LogP contribution in [0.2, 0.25) is 10.0 Å². The molecule has 1 rings (SSSR count). The Kier molecular flexibility index (Phi) is 4.33. The lowest BCUT2D eigenvalue weighted by molar-refractivity contribution is 0.481. The lowest BCUT2D eigenvalue weighted by Gasteiger charge is -2.04. The van der Waals surface area contributed by atoms with E-state index >= 15 is 0 Å². The van der Waals surface area contributed by atoms with Crippen LogP contribution < -0.4 is 0 Å². The van der Waals surface area contributed by atoms with Crippen molar-refractivity contribution in [3.05, 3.63) is 28.0 Å². The summed E-state index contributed by atoms with van der Waals surface area (Å²) in [5, 5.41) is 0.802. The van der Waals surface area contributed by atoms with Crippen LogP contribution in [-0.2, 0) is 16.5 Å². The summed E-state index contributed by atoms with van der Waals surface area (Å²) in [7, 11) is -3.92. The van der Waals surface area contributed by atoms with Crippen LogP contribution in [0.15, 0.2) is 12.4 Å². The van der Waals surface area contributed by atoms with Crippen molar-refractivity contribution in [1.82, 2.24) is 4.98 Å². The Bertz CT molecular complexity index is 427. The van der Waals surface area contributed by atoms with Crippen LogP contribution in [0.1, 0.15) is 12.0 Å². The highest BCUT2D eigenvalue weighted by Crippen LogP contribution is 2.24. The van der Waals surface area contributed by atoms with Gasteiger partial charge in [0.05, 0.1) is 15.8 Å². The summed E-state index contributed by atoms with van der Waals surface area (Å²) in [5.41, 5.74) is 0.650. The van der Waals surface area contributed by atoms with E-state index in [0.717, 1.165) is 0 Å². The van der Waals surface area contributed by atoms with E-state index in [4.69, 9.17) is 27.8 Å². The minimum absolute atomic E-state index is 0.266. The van der Waals surface area contributed by atoms with Crippen LogP contribution in [0.3, 0.4) is 0 Å². The molecule has 84 valence electrons. The van der Waals surface area contributed by atoms with Gasteiger partial charge < -0.3 is 0 Å². The molecule has 0 aliphatic heterocycles. The molecule has 1 aromatic heterocycles. The van der Waals surface area contributed by atoms with E-state index in [-0.39, 0.29) is 12.2 Å². The van der Waals surface area contributed by atoms with E-state index in [1.165, 1.54) is 12.4 Å². The molecule has 1 heterocycles. The zero-order valence-electron chi connectivity index (χ0n) is 7.65. The summed E-state index contributed by atoms with van der Waals surface area (Å²) in [6.07, 6.45) is 3.54. The second kappa shape index (κ2) is 5.12. The normalized spacial score (nSPS) is 11.7. The van der Waals surface area contributed by atoms with Gasteiger partial charge in [0.1, 0.15) is 0 Å². The topological polar surface area (TPSA) is 67.3 Å². The van der Waals surface area contributed by atoms with Gasteiger partial charge in [0.2, 0.25) is 0 Å². The molecule has 0 saturated carbocycles. The van der Waals surface area contributed by atoms with Crippen LogP contribution in [0.5, 0.6) is 0 Å². The second-order valence-corrected chi connectivity index (χ2v) is 5.36. The van der Waals surface area contributed by atoms with Crippen LogP contribution in [0.4, 0.5) is 0 Å².